The van der Waals surface area contributed by atoms with Crippen LogP contribution in [-0.2, 0) is 9.53 Å². The second kappa shape index (κ2) is 8.80. The molecule has 0 aromatic heterocycles. The molecule has 0 saturated heterocycles. The third-order valence-corrected chi connectivity index (χ3v) is 3.69. The van der Waals surface area contributed by atoms with Crippen molar-refractivity contribution < 1.29 is 33.1 Å². The highest BCUT2D eigenvalue weighted by Gasteiger charge is 2.22. The number of non-ortho nitro benzene ring substituents is 1. The summed E-state index contributed by atoms with van der Waals surface area (Å²) in [6, 6.07) is 7.13. The number of amides is 1. The van der Waals surface area contributed by atoms with Crippen molar-refractivity contribution in [1.82, 2.24) is 0 Å². The molecule has 9 nitrogen and oxygen atoms in total. The van der Waals surface area contributed by atoms with Gasteiger partial charge in [-0.25, -0.2) is 9.18 Å². The number of nitrogens with zero attached hydrogens (tertiary/aromatic N) is 1. The second-order valence-electron chi connectivity index (χ2n) is 5.53. The maximum Gasteiger partial charge on any atom is 0.339 e. The van der Waals surface area contributed by atoms with Gasteiger partial charge in [0.25, 0.3) is 11.6 Å². The second-order valence-corrected chi connectivity index (χ2v) is 5.53. The summed E-state index contributed by atoms with van der Waals surface area (Å²) in [7, 11) is 2.61. The maximum absolute atomic E-state index is 13.7. The summed E-state index contributed by atoms with van der Waals surface area (Å²) in [6.07, 6.45) is -1.26. The average molecular weight is 392 g/mol. The first-order valence-electron chi connectivity index (χ1n) is 7.94. The van der Waals surface area contributed by atoms with Crippen LogP contribution in [-0.4, -0.2) is 37.1 Å². The van der Waals surface area contributed by atoms with Gasteiger partial charge in [0, 0.05) is 12.1 Å². The standard InChI is InChI=1S/C18H17FN2O7/c1-10(28-18(23)11-4-6-15(26-2)13(19)8-11)17(22)20-14-9-12(21(24)25)5-7-16(14)27-3/h4-10H,1-3H3,(H,20,22)/t10-/m1/s1. The molecule has 0 aliphatic heterocycles. The number of ether oxygens (including phenoxy) is 3. The zero-order chi connectivity index (χ0) is 20.8. The van der Waals surface area contributed by atoms with Crippen molar-refractivity contribution in [2.75, 3.05) is 19.5 Å². The van der Waals surface area contributed by atoms with E-state index in [1.54, 1.807) is 0 Å². The Morgan fingerprint density at radius 2 is 1.75 bits per heavy atom. The summed E-state index contributed by atoms with van der Waals surface area (Å²) in [4.78, 5) is 34.7. The van der Waals surface area contributed by atoms with E-state index in [0.29, 0.717) is 0 Å². The minimum absolute atomic E-state index is 0.0416. The number of esters is 1. The lowest BCUT2D eigenvalue weighted by Gasteiger charge is -2.15. The van der Waals surface area contributed by atoms with E-state index in [4.69, 9.17) is 14.2 Å². The summed E-state index contributed by atoms with van der Waals surface area (Å²) in [6.45, 7) is 1.30. The molecule has 0 unspecified atom stereocenters. The zero-order valence-corrected chi connectivity index (χ0v) is 15.2. The molecular formula is C18H17FN2O7. The monoisotopic (exact) mass is 392 g/mol. The Morgan fingerprint density at radius 1 is 1.11 bits per heavy atom. The highest BCUT2D eigenvalue weighted by atomic mass is 19.1. The van der Waals surface area contributed by atoms with Crippen LogP contribution in [0.3, 0.4) is 0 Å². The summed E-state index contributed by atoms with van der Waals surface area (Å²) >= 11 is 0. The van der Waals surface area contributed by atoms with Crippen LogP contribution >= 0.6 is 0 Å². The molecule has 2 aromatic carbocycles. The van der Waals surface area contributed by atoms with Crippen molar-refractivity contribution >= 4 is 23.3 Å². The number of anilines is 1. The Kier molecular flexibility index (Phi) is 6.48. The summed E-state index contributed by atoms with van der Waals surface area (Å²) < 4.78 is 28.5. The largest absolute Gasteiger partial charge is 0.495 e. The van der Waals surface area contributed by atoms with Crippen LogP contribution in [0.1, 0.15) is 17.3 Å². The smallest absolute Gasteiger partial charge is 0.339 e. The van der Waals surface area contributed by atoms with E-state index >= 15 is 0 Å². The first kappa shape index (κ1) is 20.6. The van der Waals surface area contributed by atoms with Crippen molar-refractivity contribution in [3.8, 4) is 11.5 Å². The fourth-order valence-corrected chi connectivity index (χ4v) is 2.22. The van der Waals surface area contributed by atoms with Gasteiger partial charge in [0.05, 0.1) is 30.4 Å². The highest BCUT2D eigenvalue weighted by Crippen LogP contribution is 2.29. The number of halogens is 1. The maximum atomic E-state index is 13.7. The molecule has 0 fully saturated rings. The molecular weight excluding hydrogens is 375 g/mol. The van der Waals surface area contributed by atoms with E-state index in [-0.39, 0.29) is 28.4 Å². The van der Waals surface area contributed by atoms with Crippen LogP contribution in [0.2, 0.25) is 0 Å². The van der Waals surface area contributed by atoms with Gasteiger partial charge >= 0.3 is 5.97 Å². The normalized spacial score (nSPS) is 11.3. The Bertz CT molecular complexity index is 917. The summed E-state index contributed by atoms with van der Waals surface area (Å²) in [5, 5.41) is 13.3. The van der Waals surface area contributed by atoms with Gasteiger partial charge in [-0.1, -0.05) is 0 Å². The number of carbonyl (C=O) groups excluding carboxylic acids is 2. The minimum atomic E-state index is -1.26. The van der Waals surface area contributed by atoms with Crippen molar-refractivity contribution in [2.24, 2.45) is 0 Å². The van der Waals surface area contributed by atoms with Crippen molar-refractivity contribution in [1.29, 1.82) is 0 Å². The molecule has 2 aromatic rings. The van der Waals surface area contributed by atoms with Crippen LogP contribution in [0.15, 0.2) is 36.4 Å². The van der Waals surface area contributed by atoms with Gasteiger partial charge in [-0.05, 0) is 31.2 Å². The molecule has 0 bridgehead atoms. The zero-order valence-electron chi connectivity index (χ0n) is 15.2. The molecule has 0 spiro atoms. The number of benzene rings is 2. The Hall–Kier alpha value is -3.69. The van der Waals surface area contributed by atoms with Crippen LogP contribution in [0.5, 0.6) is 11.5 Å². The minimum Gasteiger partial charge on any atom is -0.495 e. The molecule has 10 heteroatoms. The van der Waals surface area contributed by atoms with E-state index in [2.05, 4.69) is 5.32 Å². The number of nitrogens with one attached hydrogen (secondary N) is 1. The van der Waals surface area contributed by atoms with E-state index in [0.717, 1.165) is 12.1 Å². The lowest BCUT2D eigenvalue weighted by atomic mass is 10.2. The SMILES string of the molecule is COc1ccc(C(=O)O[C@H](C)C(=O)Nc2cc([N+](=O)[O-])ccc2OC)cc1F. The van der Waals surface area contributed by atoms with E-state index in [9.17, 15) is 24.1 Å². The van der Waals surface area contributed by atoms with E-state index in [1.165, 1.54) is 45.4 Å². The lowest BCUT2D eigenvalue weighted by molar-refractivity contribution is -0.384. The number of hydrogen-bond acceptors (Lipinski definition) is 7. The fourth-order valence-electron chi connectivity index (χ4n) is 2.22. The molecule has 0 saturated carbocycles. The summed E-state index contributed by atoms with van der Waals surface area (Å²) in [5.74, 6) is -2.28. The van der Waals surface area contributed by atoms with E-state index in [1.807, 2.05) is 0 Å². The van der Waals surface area contributed by atoms with Crippen LogP contribution < -0.4 is 14.8 Å². The van der Waals surface area contributed by atoms with Gasteiger partial charge in [0.1, 0.15) is 5.75 Å². The average Bonchev–Trinajstić information content (AvgIpc) is 2.67. The molecule has 0 heterocycles. The fraction of sp³-hybridized carbons (Fsp3) is 0.222. The molecule has 1 N–H and O–H groups in total. The molecule has 1 amide bonds. The quantitative estimate of drug-likeness (QED) is 0.437. The number of hydrogen-bond donors (Lipinski definition) is 1. The van der Waals surface area contributed by atoms with Crippen molar-refractivity contribution in [2.45, 2.75) is 13.0 Å². The number of carbonyl (C=O) groups is 2. The Labute approximate surface area is 159 Å². The molecule has 0 aliphatic rings. The van der Waals surface area contributed by atoms with Gasteiger partial charge in [0.2, 0.25) is 0 Å². The number of methoxy groups -OCH3 is 2. The number of nitro benzene ring substituents is 1. The number of nitro groups is 1. The highest BCUT2D eigenvalue weighted by molar-refractivity contribution is 5.98. The van der Waals surface area contributed by atoms with Gasteiger partial charge in [0.15, 0.2) is 17.7 Å². The van der Waals surface area contributed by atoms with Gasteiger partial charge in [-0.3, -0.25) is 14.9 Å². The van der Waals surface area contributed by atoms with Crippen molar-refractivity contribution in [3.63, 3.8) is 0 Å². The predicted molar refractivity (Wildman–Crippen MR) is 96.1 cm³/mol. The first-order chi connectivity index (χ1) is 13.3. The molecule has 0 radical (unpaired) electrons. The molecule has 1 atom stereocenters. The topological polar surface area (TPSA) is 117 Å². The Balaban J connectivity index is 2.10. The van der Waals surface area contributed by atoms with Gasteiger partial charge in [-0.15, -0.1) is 0 Å². The lowest BCUT2D eigenvalue weighted by Crippen LogP contribution is -2.30. The van der Waals surface area contributed by atoms with Crippen LogP contribution in [0.4, 0.5) is 15.8 Å². The first-order valence-corrected chi connectivity index (χ1v) is 7.94. The Morgan fingerprint density at radius 3 is 2.32 bits per heavy atom. The third-order valence-electron chi connectivity index (χ3n) is 3.69. The van der Waals surface area contributed by atoms with Gasteiger partial charge in [-0.2, -0.15) is 0 Å². The van der Waals surface area contributed by atoms with Crippen LogP contribution in [0.25, 0.3) is 0 Å². The van der Waals surface area contributed by atoms with Gasteiger partial charge < -0.3 is 19.5 Å². The third kappa shape index (κ3) is 4.72. The van der Waals surface area contributed by atoms with Crippen LogP contribution in [0, 0.1) is 15.9 Å². The molecule has 0 aliphatic carbocycles. The predicted octanol–water partition coefficient (Wildman–Crippen LogP) is 2.94. The molecule has 2 rings (SSSR count). The number of rotatable bonds is 7. The molecule has 148 valence electrons. The molecule has 28 heavy (non-hydrogen) atoms. The van der Waals surface area contributed by atoms with E-state index < -0.39 is 28.7 Å². The van der Waals surface area contributed by atoms with Crippen molar-refractivity contribution in [3.05, 3.63) is 57.9 Å². The summed E-state index contributed by atoms with van der Waals surface area (Å²) in [5.41, 5.74) is -0.319.